The van der Waals surface area contributed by atoms with Gasteiger partial charge in [0.15, 0.2) is 0 Å². The maximum atomic E-state index is 13.8. The van der Waals surface area contributed by atoms with E-state index in [1.54, 1.807) is 41.7 Å². The van der Waals surface area contributed by atoms with Gasteiger partial charge in [-0.3, -0.25) is 19.7 Å². The molecule has 0 saturated carbocycles. The predicted molar refractivity (Wildman–Crippen MR) is 235 cm³/mol. The summed E-state index contributed by atoms with van der Waals surface area (Å²) in [5.41, 5.74) is 1.37. The van der Waals surface area contributed by atoms with Gasteiger partial charge in [-0.25, -0.2) is 4.79 Å². The average Bonchev–Trinajstić information content (AvgIpc) is 3.06. The van der Waals surface area contributed by atoms with E-state index in [0.717, 1.165) is 12.8 Å². The molecule has 354 valence electrons. The van der Waals surface area contributed by atoms with Crippen molar-refractivity contribution in [2.75, 3.05) is 59.8 Å². The van der Waals surface area contributed by atoms with Gasteiger partial charge in [-0.1, -0.05) is 0 Å². The molecule has 0 saturated heterocycles. The van der Waals surface area contributed by atoms with Crippen molar-refractivity contribution < 1.29 is 52.3 Å². The van der Waals surface area contributed by atoms with Crippen molar-refractivity contribution in [3.05, 3.63) is 0 Å². The molecule has 0 aromatic carbocycles. The summed E-state index contributed by atoms with van der Waals surface area (Å²) < 4.78 is 40.4. The lowest BCUT2D eigenvalue weighted by molar-refractivity contribution is -0.138. The summed E-state index contributed by atoms with van der Waals surface area (Å²) in [6, 6.07) is -0.864. The smallest absolute Gasteiger partial charge is 0.409 e. The van der Waals surface area contributed by atoms with Crippen molar-refractivity contribution in [3.63, 3.8) is 0 Å². The molecule has 0 radical (unpaired) electrons. The quantitative estimate of drug-likeness (QED) is 0.0410. The number of nitrogens with one attached hydrogen (secondary N) is 4. The van der Waals surface area contributed by atoms with Crippen LogP contribution in [0.2, 0.25) is 0 Å². The van der Waals surface area contributed by atoms with Crippen LogP contribution in [-0.4, -0.2) is 129 Å². The largest absolute Gasteiger partial charge is 0.444 e. The predicted octanol–water partition coefficient (Wildman–Crippen LogP) is 5.67. The first kappa shape index (κ1) is 57.4. The zero-order valence-corrected chi connectivity index (χ0v) is 40.5. The first-order chi connectivity index (χ1) is 27.3. The van der Waals surface area contributed by atoms with Crippen molar-refractivity contribution in [3.8, 4) is 0 Å². The first-order valence-electron chi connectivity index (χ1n) is 21.6. The zero-order chi connectivity index (χ0) is 46.5. The monoisotopic (exact) mass is 862 g/mol. The maximum Gasteiger partial charge on any atom is 0.409 e. The van der Waals surface area contributed by atoms with E-state index < -0.39 is 46.1 Å². The van der Waals surface area contributed by atoms with Gasteiger partial charge < -0.3 is 54.8 Å². The fraction of sp³-hybridized carbons (Fsp3) is 0.909. The van der Waals surface area contributed by atoms with E-state index in [-0.39, 0.29) is 42.8 Å². The van der Waals surface area contributed by atoms with Gasteiger partial charge >= 0.3 is 6.09 Å². The molecule has 16 nitrogen and oxygen atoms in total. The van der Waals surface area contributed by atoms with Crippen LogP contribution >= 0.6 is 0 Å². The van der Waals surface area contributed by atoms with Crippen LogP contribution in [0.15, 0.2) is 0 Å². The summed E-state index contributed by atoms with van der Waals surface area (Å²) in [6.07, 6.45) is 3.90. The fourth-order valence-electron chi connectivity index (χ4n) is 5.54. The van der Waals surface area contributed by atoms with Crippen LogP contribution in [0.3, 0.4) is 0 Å². The number of alkyl carbamates (subject to hydrolysis) is 1. The Morgan fingerprint density at radius 1 is 0.567 bits per heavy atom. The van der Waals surface area contributed by atoms with Crippen LogP contribution in [0, 0.1) is 0 Å². The normalized spacial score (nSPS) is 13.8. The van der Waals surface area contributed by atoms with Gasteiger partial charge in [-0.05, 0) is 162 Å². The third kappa shape index (κ3) is 30.4. The van der Waals surface area contributed by atoms with Crippen molar-refractivity contribution in [2.24, 2.45) is 5.73 Å². The van der Waals surface area contributed by atoms with E-state index in [2.05, 4.69) is 21.3 Å². The van der Waals surface area contributed by atoms with Gasteiger partial charge in [0.25, 0.3) is 0 Å². The van der Waals surface area contributed by atoms with Crippen LogP contribution in [0.4, 0.5) is 4.79 Å². The Hall–Kier alpha value is -2.60. The molecule has 1 unspecified atom stereocenters. The lowest BCUT2D eigenvalue weighted by atomic mass is 9.99. The number of ether oxygens (including phenoxy) is 7. The molecule has 16 heteroatoms. The first-order valence-corrected chi connectivity index (χ1v) is 21.6. The van der Waals surface area contributed by atoms with Crippen LogP contribution in [0.1, 0.15) is 155 Å². The fourth-order valence-corrected chi connectivity index (χ4v) is 5.54. The summed E-state index contributed by atoms with van der Waals surface area (Å²) in [4.78, 5) is 51.9. The van der Waals surface area contributed by atoms with Gasteiger partial charge in [-0.2, -0.15) is 0 Å². The number of rotatable bonds is 32. The summed E-state index contributed by atoms with van der Waals surface area (Å²) in [5.74, 6) is -1.03. The molecule has 0 heterocycles. The SMILES string of the molecule is COCCC(C)(C)OCCC(C)(C)OCC(=O)NC(CCCCNC(=O)COC(C)(C)CCOC(C)(C)CCN)C(=O)NC(C)(C)CCOC(C)(C)NC(=O)OC(C)(C)C. The highest BCUT2D eigenvalue weighted by molar-refractivity contribution is 5.88. The number of hydrogen-bond acceptors (Lipinski definition) is 12. The van der Waals surface area contributed by atoms with Crippen molar-refractivity contribution in [1.29, 1.82) is 0 Å². The molecule has 0 bridgehead atoms. The molecule has 0 aliphatic carbocycles. The lowest BCUT2D eigenvalue weighted by Gasteiger charge is -2.32. The topological polar surface area (TPSA) is 207 Å². The molecule has 0 aliphatic heterocycles. The minimum absolute atomic E-state index is 0.0959. The number of unbranched alkanes of at least 4 members (excludes halogenated alkanes) is 1. The third-order valence-corrected chi connectivity index (χ3v) is 9.58. The summed E-state index contributed by atoms with van der Waals surface area (Å²) >= 11 is 0. The van der Waals surface area contributed by atoms with E-state index in [4.69, 9.17) is 38.9 Å². The van der Waals surface area contributed by atoms with Gasteiger partial charge in [0.05, 0.1) is 42.2 Å². The van der Waals surface area contributed by atoms with E-state index in [0.29, 0.717) is 71.4 Å². The lowest BCUT2D eigenvalue weighted by Crippen LogP contribution is -2.54. The second-order valence-electron chi connectivity index (χ2n) is 20.2. The molecule has 0 aliphatic rings. The van der Waals surface area contributed by atoms with Gasteiger partial charge in [0.2, 0.25) is 17.7 Å². The molecular formula is C44H87N5O11. The highest BCUT2D eigenvalue weighted by atomic mass is 16.6. The molecule has 0 fully saturated rings. The number of nitrogens with two attached hydrogens (primary N) is 1. The van der Waals surface area contributed by atoms with Gasteiger partial charge in [0.1, 0.15) is 30.6 Å². The average molecular weight is 862 g/mol. The van der Waals surface area contributed by atoms with Gasteiger partial charge in [0, 0.05) is 25.8 Å². The molecule has 0 rings (SSSR count). The molecule has 6 N–H and O–H groups in total. The second-order valence-corrected chi connectivity index (χ2v) is 20.2. The van der Waals surface area contributed by atoms with E-state index in [1.165, 1.54) is 0 Å². The molecule has 0 aromatic heterocycles. The zero-order valence-electron chi connectivity index (χ0n) is 40.5. The number of hydrogen-bond donors (Lipinski definition) is 5. The van der Waals surface area contributed by atoms with Crippen molar-refractivity contribution >= 4 is 23.8 Å². The minimum Gasteiger partial charge on any atom is -0.444 e. The standard InChI is InChI=1S/C44H87N5O11/c1-38(2,3)60-37(53)49-44(14,15)57-28-21-39(4,5)48-36(52)33(47-35(51)32-59-43(12,13)24-30-56-41(8,9)22-27-54-16)19-17-18-26-46-34(50)31-58-42(10,11)23-29-55-40(6,7)20-25-45/h33H,17-32,45H2,1-16H3,(H,46,50)(H,47,51)(H,48,52)(H,49,53). The van der Waals surface area contributed by atoms with Crippen molar-refractivity contribution in [2.45, 2.75) is 201 Å². The molecule has 60 heavy (non-hydrogen) atoms. The van der Waals surface area contributed by atoms with E-state index in [9.17, 15) is 19.2 Å². The summed E-state index contributed by atoms with van der Waals surface area (Å²) in [6.45, 7) is 30.4. The molecule has 1 atom stereocenters. The number of methoxy groups -OCH3 is 1. The van der Waals surface area contributed by atoms with Crippen LogP contribution in [0.25, 0.3) is 0 Å². The van der Waals surface area contributed by atoms with E-state index in [1.807, 2.05) is 69.2 Å². The highest BCUT2D eigenvalue weighted by Gasteiger charge is 2.31. The Kier molecular flexibility index (Phi) is 25.0. The molecule has 0 aromatic rings. The van der Waals surface area contributed by atoms with Crippen molar-refractivity contribution in [1.82, 2.24) is 21.3 Å². The molecule has 4 amide bonds. The van der Waals surface area contributed by atoms with Crippen LogP contribution in [0.5, 0.6) is 0 Å². The third-order valence-electron chi connectivity index (χ3n) is 9.58. The van der Waals surface area contributed by atoms with Crippen LogP contribution < -0.4 is 27.0 Å². The Labute approximate surface area is 362 Å². The minimum atomic E-state index is -1.02. The Balaban J connectivity index is 5.35. The highest BCUT2D eigenvalue weighted by Crippen LogP contribution is 2.21. The maximum absolute atomic E-state index is 13.8. The summed E-state index contributed by atoms with van der Waals surface area (Å²) in [7, 11) is 1.66. The van der Waals surface area contributed by atoms with Crippen LogP contribution in [-0.2, 0) is 47.5 Å². The Bertz CT molecular complexity index is 1280. The van der Waals surface area contributed by atoms with E-state index >= 15 is 0 Å². The number of amides is 4. The van der Waals surface area contributed by atoms with Gasteiger partial charge in [-0.15, -0.1) is 0 Å². The summed E-state index contributed by atoms with van der Waals surface area (Å²) in [5, 5.41) is 11.5. The Morgan fingerprint density at radius 2 is 1.05 bits per heavy atom. The number of carbonyl (C=O) groups is 4. The molecule has 0 spiro atoms. The second kappa shape index (κ2) is 26.1. The number of carbonyl (C=O) groups excluding carboxylic acids is 4. The Morgan fingerprint density at radius 3 is 1.57 bits per heavy atom. The molecular weight excluding hydrogens is 775 g/mol.